The van der Waals surface area contributed by atoms with Gasteiger partial charge in [-0.05, 0) is 18.6 Å². The van der Waals surface area contributed by atoms with Gasteiger partial charge in [0, 0.05) is 13.0 Å². The van der Waals surface area contributed by atoms with Crippen LogP contribution in [0.5, 0.6) is 0 Å². The minimum atomic E-state index is -0.200. The summed E-state index contributed by atoms with van der Waals surface area (Å²) in [7, 11) is 0. The summed E-state index contributed by atoms with van der Waals surface area (Å²) in [5.74, 6) is -0.400. The second-order valence-corrected chi connectivity index (χ2v) is 4.62. The monoisotopic (exact) mass is 261 g/mol. The Bertz CT molecular complexity index is 473. The van der Waals surface area contributed by atoms with Crippen molar-refractivity contribution < 1.29 is 19.1 Å². The molecule has 0 spiro atoms. The molecule has 2 heterocycles. The Balaban J connectivity index is 1.60. The van der Waals surface area contributed by atoms with Crippen LogP contribution in [-0.2, 0) is 9.47 Å². The zero-order valence-electron chi connectivity index (χ0n) is 10.5. The first kappa shape index (κ1) is 12.3. The summed E-state index contributed by atoms with van der Waals surface area (Å²) in [4.78, 5) is 25.5. The predicted octanol–water partition coefficient (Wildman–Crippen LogP) is 1.44. The molecule has 1 fully saturated rings. The van der Waals surface area contributed by atoms with Gasteiger partial charge in [0.2, 0.25) is 0 Å². The molecular formula is C14H15NO4. The van der Waals surface area contributed by atoms with Crippen molar-refractivity contribution in [2.75, 3.05) is 19.8 Å². The third-order valence-corrected chi connectivity index (χ3v) is 3.39. The molecule has 5 nitrogen and oxygen atoms in total. The van der Waals surface area contributed by atoms with Crippen molar-refractivity contribution in [2.45, 2.75) is 19.1 Å². The van der Waals surface area contributed by atoms with Crippen LogP contribution in [0.15, 0.2) is 24.3 Å². The first-order chi connectivity index (χ1) is 9.27. The van der Waals surface area contributed by atoms with Crippen LogP contribution in [0.4, 0.5) is 0 Å². The summed E-state index contributed by atoms with van der Waals surface area (Å²) in [6.45, 7) is 1.66. The summed E-state index contributed by atoms with van der Waals surface area (Å²) in [5, 5.41) is 0. The maximum absolute atomic E-state index is 12.1. The van der Waals surface area contributed by atoms with Gasteiger partial charge in [-0.15, -0.1) is 0 Å². The first-order valence-corrected chi connectivity index (χ1v) is 6.46. The Labute approximate surface area is 111 Å². The average molecular weight is 261 g/mol. The molecule has 0 radical (unpaired) electrons. The first-order valence-electron chi connectivity index (χ1n) is 6.46. The Morgan fingerprint density at radius 3 is 2.21 bits per heavy atom. The normalized spacial score (nSPS) is 19.3. The lowest BCUT2D eigenvalue weighted by molar-refractivity contribution is -0.0483. The zero-order chi connectivity index (χ0) is 13.2. The molecule has 0 aromatic heterocycles. The fourth-order valence-corrected chi connectivity index (χ4v) is 2.43. The van der Waals surface area contributed by atoms with E-state index in [4.69, 9.17) is 9.47 Å². The molecule has 0 saturated carbocycles. The SMILES string of the molecule is O=C1c2ccccc2C(=O)N1CCCC1OCCO1. The number of nitrogens with zero attached hydrogens (tertiary/aromatic N) is 1. The second kappa shape index (κ2) is 5.11. The van der Waals surface area contributed by atoms with Gasteiger partial charge in [0.1, 0.15) is 0 Å². The maximum Gasteiger partial charge on any atom is 0.261 e. The lowest BCUT2D eigenvalue weighted by atomic mass is 10.1. The van der Waals surface area contributed by atoms with Gasteiger partial charge in [0.25, 0.3) is 11.8 Å². The maximum atomic E-state index is 12.1. The number of carbonyl (C=O) groups excluding carboxylic acids is 2. The number of imide groups is 1. The molecule has 1 saturated heterocycles. The van der Waals surface area contributed by atoms with Gasteiger partial charge in [-0.2, -0.15) is 0 Å². The Hall–Kier alpha value is -1.72. The smallest absolute Gasteiger partial charge is 0.261 e. The third-order valence-electron chi connectivity index (χ3n) is 3.39. The van der Waals surface area contributed by atoms with E-state index in [2.05, 4.69) is 0 Å². The summed E-state index contributed by atoms with van der Waals surface area (Å²) in [6.07, 6.45) is 1.21. The number of rotatable bonds is 4. The predicted molar refractivity (Wildman–Crippen MR) is 66.7 cm³/mol. The van der Waals surface area contributed by atoms with E-state index in [0.717, 1.165) is 0 Å². The number of hydrogen-bond donors (Lipinski definition) is 0. The highest BCUT2D eigenvalue weighted by molar-refractivity contribution is 6.21. The molecule has 1 aromatic carbocycles. The van der Waals surface area contributed by atoms with E-state index >= 15 is 0 Å². The van der Waals surface area contributed by atoms with Crippen LogP contribution in [0, 0.1) is 0 Å². The molecule has 0 N–H and O–H groups in total. The van der Waals surface area contributed by atoms with Crippen molar-refractivity contribution in [3.63, 3.8) is 0 Å². The molecule has 2 aliphatic rings. The molecule has 5 heteroatoms. The van der Waals surface area contributed by atoms with Crippen molar-refractivity contribution in [1.29, 1.82) is 0 Å². The topological polar surface area (TPSA) is 55.8 Å². The number of ether oxygens (including phenoxy) is 2. The van der Waals surface area contributed by atoms with Gasteiger partial charge < -0.3 is 9.47 Å². The van der Waals surface area contributed by atoms with Gasteiger partial charge in [0.15, 0.2) is 6.29 Å². The van der Waals surface area contributed by atoms with E-state index < -0.39 is 0 Å². The second-order valence-electron chi connectivity index (χ2n) is 4.62. The molecule has 0 bridgehead atoms. The van der Waals surface area contributed by atoms with E-state index in [1.54, 1.807) is 24.3 Å². The summed E-state index contributed by atoms with van der Waals surface area (Å²) in [6, 6.07) is 6.93. The van der Waals surface area contributed by atoms with Gasteiger partial charge in [0.05, 0.1) is 24.3 Å². The molecule has 1 aromatic rings. The van der Waals surface area contributed by atoms with Crippen LogP contribution in [0.2, 0.25) is 0 Å². The van der Waals surface area contributed by atoms with Crippen molar-refractivity contribution >= 4 is 11.8 Å². The summed E-state index contributed by atoms with van der Waals surface area (Å²) < 4.78 is 10.6. The molecule has 100 valence electrons. The van der Waals surface area contributed by atoms with Crippen molar-refractivity contribution in [1.82, 2.24) is 4.90 Å². The standard InChI is InChI=1S/C14H15NO4/c16-13-10-4-1-2-5-11(10)14(17)15(13)7-3-6-12-18-8-9-19-12/h1-2,4-5,12H,3,6-9H2. The molecule has 19 heavy (non-hydrogen) atoms. The van der Waals surface area contributed by atoms with Crippen molar-refractivity contribution in [3.05, 3.63) is 35.4 Å². The number of carbonyl (C=O) groups is 2. The average Bonchev–Trinajstić information content (AvgIpc) is 3.02. The minimum absolute atomic E-state index is 0.185. The van der Waals surface area contributed by atoms with Crippen LogP contribution >= 0.6 is 0 Å². The fraction of sp³-hybridized carbons (Fsp3) is 0.429. The Kier molecular flexibility index (Phi) is 3.31. The quantitative estimate of drug-likeness (QED) is 0.769. The number of hydrogen-bond acceptors (Lipinski definition) is 4. The highest BCUT2D eigenvalue weighted by Gasteiger charge is 2.34. The van der Waals surface area contributed by atoms with Crippen LogP contribution in [-0.4, -0.2) is 42.8 Å². The molecule has 2 aliphatic heterocycles. The lowest BCUT2D eigenvalue weighted by Gasteiger charge is -2.15. The molecule has 2 amide bonds. The molecule has 3 rings (SSSR count). The van der Waals surface area contributed by atoms with Gasteiger partial charge in [-0.25, -0.2) is 0 Å². The Morgan fingerprint density at radius 1 is 1.05 bits per heavy atom. The molecule has 0 aliphatic carbocycles. The lowest BCUT2D eigenvalue weighted by Crippen LogP contribution is -2.31. The van der Waals surface area contributed by atoms with Gasteiger partial charge >= 0.3 is 0 Å². The third kappa shape index (κ3) is 2.27. The summed E-state index contributed by atoms with van der Waals surface area (Å²) in [5.41, 5.74) is 1.00. The number of amides is 2. The van der Waals surface area contributed by atoms with E-state index in [1.807, 2.05) is 0 Å². The van der Waals surface area contributed by atoms with Crippen LogP contribution in [0.25, 0.3) is 0 Å². The molecular weight excluding hydrogens is 246 g/mol. The van der Waals surface area contributed by atoms with Gasteiger partial charge in [-0.3, -0.25) is 14.5 Å². The van der Waals surface area contributed by atoms with Crippen LogP contribution in [0.1, 0.15) is 33.6 Å². The number of benzene rings is 1. The summed E-state index contributed by atoms with van der Waals surface area (Å²) >= 11 is 0. The van der Waals surface area contributed by atoms with E-state index in [9.17, 15) is 9.59 Å². The highest BCUT2D eigenvalue weighted by Crippen LogP contribution is 2.23. The Morgan fingerprint density at radius 2 is 1.63 bits per heavy atom. The van der Waals surface area contributed by atoms with Crippen molar-refractivity contribution in [3.8, 4) is 0 Å². The number of fused-ring (bicyclic) bond motifs is 1. The largest absolute Gasteiger partial charge is 0.350 e. The molecule has 0 unspecified atom stereocenters. The van der Waals surface area contributed by atoms with Crippen LogP contribution < -0.4 is 0 Å². The highest BCUT2D eigenvalue weighted by atomic mass is 16.7. The fourth-order valence-electron chi connectivity index (χ4n) is 2.43. The van der Waals surface area contributed by atoms with E-state index in [1.165, 1.54) is 4.90 Å². The van der Waals surface area contributed by atoms with E-state index in [0.29, 0.717) is 43.7 Å². The van der Waals surface area contributed by atoms with E-state index in [-0.39, 0.29) is 18.1 Å². The molecule has 0 atom stereocenters. The van der Waals surface area contributed by atoms with Gasteiger partial charge in [-0.1, -0.05) is 12.1 Å². The van der Waals surface area contributed by atoms with Crippen molar-refractivity contribution in [2.24, 2.45) is 0 Å². The van der Waals surface area contributed by atoms with Crippen LogP contribution in [0.3, 0.4) is 0 Å². The zero-order valence-corrected chi connectivity index (χ0v) is 10.5. The minimum Gasteiger partial charge on any atom is -0.350 e.